The Morgan fingerprint density at radius 3 is 2.46 bits per heavy atom. The molecule has 0 saturated carbocycles. The first kappa shape index (κ1) is 20.4. The lowest BCUT2D eigenvalue weighted by atomic mass is 10.1. The summed E-state index contributed by atoms with van der Waals surface area (Å²) >= 11 is 5.91. The van der Waals surface area contributed by atoms with Crippen LogP contribution in [0.15, 0.2) is 29.2 Å². The van der Waals surface area contributed by atoms with Crippen molar-refractivity contribution in [1.29, 1.82) is 0 Å². The van der Waals surface area contributed by atoms with Gasteiger partial charge in [0.25, 0.3) is 0 Å². The SMILES string of the molecule is Cc1cc(N2CCC(S(=O)(=O)c3ccc(F)cc3F)CC2)c([N+](=O)[O-])c(Cl)n1. The first-order chi connectivity index (χ1) is 13.1. The van der Waals surface area contributed by atoms with Crippen LogP contribution in [0.4, 0.5) is 20.2 Å². The van der Waals surface area contributed by atoms with Crippen molar-refractivity contribution in [3.8, 4) is 0 Å². The van der Waals surface area contributed by atoms with Gasteiger partial charge in [-0.15, -0.1) is 0 Å². The van der Waals surface area contributed by atoms with Gasteiger partial charge in [0, 0.05) is 24.8 Å². The Hall–Kier alpha value is -2.33. The van der Waals surface area contributed by atoms with Gasteiger partial charge in [0.05, 0.1) is 10.2 Å². The van der Waals surface area contributed by atoms with Gasteiger partial charge in [0.2, 0.25) is 5.15 Å². The quantitative estimate of drug-likeness (QED) is 0.317. The molecule has 0 radical (unpaired) electrons. The van der Waals surface area contributed by atoms with Crippen molar-refractivity contribution in [2.75, 3.05) is 18.0 Å². The van der Waals surface area contributed by atoms with Gasteiger partial charge in [-0.05, 0) is 38.0 Å². The molecule has 0 bridgehead atoms. The molecule has 2 aromatic rings. The van der Waals surface area contributed by atoms with E-state index < -0.39 is 36.5 Å². The molecule has 0 amide bonds. The van der Waals surface area contributed by atoms with Crippen molar-refractivity contribution in [1.82, 2.24) is 4.98 Å². The van der Waals surface area contributed by atoms with Crippen LogP contribution in [0.2, 0.25) is 5.15 Å². The first-order valence-corrected chi connectivity index (χ1v) is 10.3. The van der Waals surface area contributed by atoms with Gasteiger partial charge < -0.3 is 4.90 Å². The van der Waals surface area contributed by atoms with E-state index >= 15 is 0 Å². The molecule has 11 heteroatoms. The summed E-state index contributed by atoms with van der Waals surface area (Å²) in [6.07, 6.45) is 0.268. The second-order valence-electron chi connectivity index (χ2n) is 6.49. The summed E-state index contributed by atoms with van der Waals surface area (Å²) in [6.45, 7) is 2.05. The molecule has 150 valence electrons. The molecule has 0 atom stereocenters. The number of rotatable bonds is 4. The number of hydrogen-bond donors (Lipinski definition) is 0. The summed E-state index contributed by atoms with van der Waals surface area (Å²) in [5.41, 5.74) is 0.429. The molecule has 0 spiro atoms. The van der Waals surface area contributed by atoms with E-state index in [1.165, 1.54) is 6.07 Å². The van der Waals surface area contributed by atoms with Crippen molar-refractivity contribution >= 4 is 32.8 Å². The van der Waals surface area contributed by atoms with Gasteiger partial charge in [-0.3, -0.25) is 10.1 Å². The van der Waals surface area contributed by atoms with Gasteiger partial charge in [0.15, 0.2) is 9.84 Å². The molecule has 0 aliphatic carbocycles. The molecule has 3 rings (SSSR count). The van der Waals surface area contributed by atoms with E-state index in [-0.39, 0.29) is 42.5 Å². The molecule has 1 aliphatic rings. The number of piperidine rings is 1. The van der Waals surface area contributed by atoms with Crippen LogP contribution in [-0.2, 0) is 9.84 Å². The van der Waals surface area contributed by atoms with Gasteiger partial charge in [-0.25, -0.2) is 22.2 Å². The minimum Gasteiger partial charge on any atom is -0.366 e. The highest BCUT2D eigenvalue weighted by molar-refractivity contribution is 7.92. The number of anilines is 1. The maximum atomic E-state index is 13.9. The Balaban J connectivity index is 1.85. The largest absolute Gasteiger partial charge is 0.366 e. The van der Waals surface area contributed by atoms with E-state index in [1.807, 2.05) is 0 Å². The van der Waals surface area contributed by atoms with Crippen LogP contribution in [0, 0.1) is 28.7 Å². The highest BCUT2D eigenvalue weighted by Gasteiger charge is 2.35. The number of benzene rings is 1. The molecule has 1 aliphatic heterocycles. The normalized spacial score (nSPS) is 15.6. The fourth-order valence-corrected chi connectivity index (χ4v) is 5.39. The molecule has 1 aromatic carbocycles. The molecular formula is C17H16ClF2N3O4S. The third-order valence-electron chi connectivity index (χ3n) is 4.66. The average molecular weight is 432 g/mol. The lowest BCUT2D eigenvalue weighted by Gasteiger charge is -2.33. The Morgan fingerprint density at radius 2 is 1.89 bits per heavy atom. The summed E-state index contributed by atoms with van der Waals surface area (Å²) in [5, 5.41) is 10.2. The van der Waals surface area contributed by atoms with Crippen LogP contribution < -0.4 is 4.90 Å². The van der Waals surface area contributed by atoms with Crippen LogP contribution in [0.1, 0.15) is 18.5 Å². The van der Waals surface area contributed by atoms with Crippen molar-refractivity contribution < 1.29 is 22.1 Å². The Bertz CT molecular complexity index is 1040. The van der Waals surface area contributed by atoms with Crippen molar-refractivity contribution in [3.05, 3.63) is 56.9 Å². The highest BCUT2D eigenvalue weighted by Crippen LogP contribution is 2.37. The zero-order valence-electron chi connectivity index (χ0n) is 14.7. The average Bonchev–Trinajstić information content (AvgIpc) is 2.60. The van der Waals surface area contributed by atoms with E-state index in [2.05, 4.69) is 4.98 Å². The van der Waals surface area contributed by atoms with Crippen molar-refractivity contribution in [2.45, 2.75) is 29.9 Å². The molecule has 1 aromatic heterocycles. The third kappa shape index (κ3) is 3.79. The Morgan fingerprint density at radius 1 is 1.25 bits per heavy atom. The Kier molecular flexibility index (Phi) is 5.53. The molecular weight excluding hydrogens is 416 g/mol. The maximum absolute atomic E-state index is 13.9. The smallest absolute Gasteiger partial charge is 0.329 e. The van der Waals surface area contributed by atoms with Gasteiger partial charge in [-0.1, -0.05) is 11.6 Å². The lowest BCUT2D eigenvalue weighted by molar-refractivity contribution is -0.384. The van der Waals surface area contributed by atoms with Crippen LogP contribution >= 0.6 is 11.6 Å². The summed E-state index contributed by atoms with van der Waals surface area (Å²) in [5.74, 6) is -1.99. The van der Waals surface area contributed by atoms with E-state index in [9.17, 15) is 27.3 Å². The second kappa shape index (κ2) is 7.59. The zero-order valence-corrected chi connectivity index (χ0v) is 16.3. The lowest BCUT2D eigenvalue weighted by Crippen LogP contribution is -2.40. The standard InChI is InChI=1S/C17H16ClF2N3O4S/c1-10-8-14(16(23(24)25)17(18)21-10)22-6-4-12(5-7-22)28(26,27)15-3-2-11(19)9-13(15)20/h2-3,8-9,12H,4-7H2,1H3. The number of nitrogens with zero attached hydrogens (tertiary/aromatic N) is 3. The van der Waals surface area contributed by atoms with E-state index in [0.29, 0.717) is 11.8 Å². The summed E-state index contributed by atoms with van der Waals surface area (Å²) < 4.78 is 52.5. The zero-order chi connectivity index (χ0) is 20.6. The molecule has 1 fully saturated rings. The van der Waals surface area contributed by atoms with Crippen LogP contribution in [-0.4, -0.2) is 36.7 Å². The van der Waals surface area contributed by atoms with E-state index in [1.54, 1.807) is 11.8 Å². The van der Waals surface area contributed by atoms with E-state index in [4.69, 9.17) is 11.6 Å². The molecule has 0 unspecified atom stereocenters. The number of aryl methyl sites for hydroxylation is 1. The van der Waals surface area contributed by atoms with Crippen molar-refractivity contribution in [2.24, 2.45) is 0 Å². The summed E-state index contributed by atoms with van der Waals surface area (Å²) in [4.78, 5) is 15.8. The predicted molar refractivity (Wildman–Crippen MR) is 99.4 cm³/mol. The molecule has 1 saturated heterocycles. The van der Waals surface area contributed by atoms with Crippen LogP contribution in [0.25, 0.3) is 0 Å². The molecule has 28 heavy (non-hydrogen) atoms. The summed E-state index contributed by atoms with van der Waals surface area (Å²) in [6, 6.07) is 3.88. The fourth-order valence-electron chi connectivity index (χ4n) is 3.31. The predicted octanol–water partition coefficient (Wildman–Crippen LogP) is 3.67. The molecule has 2 heterocycles. The topological polar surface area (TPSA) is 93.4 Å². The number of nitro groups is 1. The first-order valence-electron chi connectivity index (χ1n) is 8.36. The highest BCUT2D eigenvalue weighted by atomic mass is 35.5. The maximum Gasteiger partial charge on any atom is 0.329 e. The third-order valence-corrected chi connectivity index (χ3v) is 7.22. The van der Waals surface area contributed by atoms with E-state index in [0.717, 1.165) is 12.1 Å². The number of hydrogen-bond acceptors (Lipinski definition) is 6. The minimum atomic E-state index is -4.00. The molecule has 0 N–H and O–H groups in total. The number of sulfone groups is 1. The number of halogens is 3. The van der Waals surface area contributed by atoms with Gasteiger partial charge in [0.1, 0.15) is 22.2 Å². The van der Waals surface area contributed by atoms with Crippen LogP contribution in [0.5, 0.6) is 0 Å². The van der Waals surface area contributed by atoms with Crippen LogP contribution in [0.3, 0.4) is 0 Å². The Labute approximate surface area is 165 Å². The van der Waals surface area contributed by atoms with Crippen molar-refractivity contribution in [3.63, 3.8) is 0 Å². The van der Waals surface area contributed by atoms with Gasteiger partial charge >= 0.3 is 5.69 Å². The fraction of sp³-hybridized carbons (Fsp3) is 0.353. The molecule has 7 nitrogen and oxygen atoms in total. The summed E-state index contributed by atoms with van der Waals surface area (Å²) in [7, 11) is -4.00. The number of aromatic nitrogens is 1. The number of pyridine rings is 1. The van der Waals surface area contributed by atoms with Gasteiger partial charge in [-0.2, -0.15) is 0 Å². The second-order valence-corrected chi connectivity index (χ2v) is 9.04. The minimum absolute atomic E-state index is 0.134. The monoisotopic (exact) mass is 431 g/mol.